The minimum atomic E-state index is -4.09. The summed E-state index contributed by atoms with van der Waals surface area (Å²) < 4.78 is 59.8. The molecule has 0 bridgehead atoms. The third-order valence-corrected chi connectivity index (χ3v) is 8.97. The fourth-order valence-electron chi connectivity index (χ4n) is 4.99. The third-order valence-electron chi connectivity index (χ3n) is 7.60. The number of carbonyl (C=O) groups is 1. The predicted molar refractivity (Wildman–Crippen MR) is 171 cm³/mol. The predicted octanol–water partition coefficient (Wildman–Crippen LogP) is 6.48. The summed E-state index contributed by atoms with van der Waals surface area (Å²) in [6, 6.07) is 23.8. The van der Waals surface area contributed by atoms with Crippen molar-refractivity contribution in [2.75, 3.05) is 25.0 Å². The fraction of sp³-hybridized carbons (Fsp3) is 0.286. The Balaban J connectivity index is 1.15. The van der Waals surface area contributed by atoms with E-state index in [1.165, 1.54) is 23.8 Å². The number of benzene rings is 4. The molecule has 236 valence electrons. The van der Waals surface area contributed by atoms with Gasteiger partial charge in [-0.3, -0.25) is 9.52 Å². The van der Waals surface area contributed by atoms with Gasteiger partial charge in [-0.15, -0.1) is 0 Å². The lowest BCUT2D eigenvalue weighted by atomic mass is 9.86. The van der Waals surface area contributed by atoms with Crippen LogP contribution in [0.15, 0.2) is 89.8 Å². The van der Waals surface area contributed by atoms with Gasteiger partial charge < -0.3 is 19.1 Å². The highest BCUT2D eigenvalue weighted by atomic mass is 32.2. The number of rotatable bonds is 11. The first-order chi connectivity index (χ1) is 21.4. The molecule has 1 N–H and O–H groups in total. The topological polar surface area (TPSA) is 94.2 Å². The lowest BCUT2D eigenvalue weighted by Crippen LogP contribution is -2.26. The molecular formula is C35H37FN2O6S. The minimum Gasteiger partial charge on any atom is -0.497 e. The smallest absolute Gasteiger partial charge is 0.261 e. The summed E-state index contributed by atoms with van der Waals surface area (Å²) in [7, 11) is -2.51. The van der Waals surface area contributed by atoms with Gasteiger partial charge in [-0.1, -0.05) is 51.1 Å². The van der Waals surface area contributed by atoms with E-state index in [-0.39, 0.29) is 47.3 Å². The summed E-state index contributed by atoms with van der Waals surface area (Å²) in [5, 5.41) is 0. The number of nitrogens with one attached hydrogen (secondary N) is 1. The molecule has 0 atom stereocenters. The van der Waals surface area contributed by atoms with Crippen molar-refractivity contribution in [3.05, 3.63) is 113 Å². The Labute approximate surface area is 263 Å². The lowest BCUT2D eigenvalue weighted by molar-refractivity contribution is -0.131. The Morgan fingerprint density at radius 2 is 1.44 bits per heavy atom. The Kier molecular flexibility index (Phi) is 9.34. The summed E-state index contributed by atoms with van der Waals surface area (Å²) in [6.45, 7) is 7.53. The van der Waals surface area contributed by atoms with Crippen molar-refractivity contribution in [3.63, 3.8) is 0 Å². The minimum absolute atomic E-state index is 0.0104. The molecule has 0 saturated carbocycles. The SMILES string of the molecule is COc1ccc(OCCOc2ccc(NS(=O)(=O)c3ccc4c(c3)CN(C(=O)Cc3ccc(C(C)(C)C)cc3)C4)c(F)c2)cc1. The van der Waals surface area contributed by atoms with E-state index in [9.17, 15) is 17.6 Å². The first-order valence-electron chi connectivity index (χ1n) is 14.6. The molecule has 1 amide bonds. The van der Waals surface area contributed by atoms with E-state index in [2.05, 4.69) is 37.6 Å². The number of methoxy groups -OCH3 is 1. The second kappa shape index (κ2) is 13.2. The molecular weight excluding hydrogens is 595 g/mol. The zero-order valence-corrected chi connectivity index (χ0v) is 26.6. The summed E-state index contributed by atoms with van der Waals surface area (Å²) in [5.74, 6) is 0.784. The number of hydrogen-bond donors (Lipinski definition) is 1. The molecule has 0 aliphatic carbocycles. The molecule has 45 heavy (non-hydrogen) atoms. The maximum absolute atomic E-state index is 14.9. The van der Waals surface area contributed by atoms with Crippen molar-refractivity contribution in [2.24, 2.45) is 0 Å². The van der Waals surface area contributed by atoms with E-state index >= 15 is 0 Å². The molecule has 1 aliphatic rings. The van der Waals surface area contributed by atoms with Gasteiger partial charge in [-0.25, -0.2) is 12.8 Å². The van der Waals surface area contributed by atoms with Crippen LogP contribution in [0.25, 0.3) is 0 Å². The van der Waals surface area contributed by atoms with Crippen molar-refractivity contribution in [3.8, 4) is 17.2 Å². The monoisotopic (exact) mass is 632 g/mol. The molecule has 0 saturated heterocycles. The van der Waals surface area contributed by atoms with Gasteiger partial charge in [-0.05, 0) is 76.2 Å². The average Bonchev–Trinajstić information content (AvgIpc) is 3.45. The Morgan fingerprint density at radius 3 is 2.09 bits per heavy atom. The molecule has 10 heteroatoms. The van der Waals surface area contributed by atoms with Gasteiger partial charge in [-0.2, -0.15) is 0 Å². The van der Waals surface area contributed by atoms with Crippen molar-refractivity contribution >= 4 is 21.6 Å². The van der Waals surface area contributed by atoms with E-state index in [1.54, 1.807) is 48.4 Å². The highest BCUT2D eigenvalue weighted by Crippen LogP contribution is 2.29. The molecule has 4 aromatic rings. The number of ether oxygens (including phenoxy) is 3. The molecule has 8 nitrogen and oxygen atoms in total. The molecule has 0 aromatic heterocycles. The molecule has 0 unspecified atom stereocenters. The Hall–Kier alpha value is -4.57. The summed E-state index contributed by atoms with van der Waals surface area (Å²) >= 11 is 0. The van der Waals surface area contributed by atoms with Crippen LogP contribution in [0.1, 0.15) is 43.0 Å². The number of anilines is 1. The number of fused-ring (bicyclic) bond motifs is 1. The summed E-state index contributed by atoms with van der Waals surface area (Å²) in [4.78, 5) is 14.8. The van der Waals surface area contributed by atoms with Crippen molar-refractivity contribution < 1.29 is 31.8 Å². The van der Waals surface area contributed by atoms with Gasteiger partial charge >= 0.3 is 0 Å². The number of hydrogen-bond acceptors (Lipinski definition) is 6. The molecule has 0 spiro atoms. The van der Waals surface area contributed by atoms with Crippen LogP contribution < -0.4 is 18.9 Å². The van der Waals surface area contributed by atoms with Gasteiger partial charge in [0.05, 0.1) is 24.1 Å². The van der Waals surface area contributed by atoms with Crippen molar-refractivity contribution in [2.45, 2.75) is 50.6 Å². The fourth-order valence-corrected chi connectivity index (χ4v) is 6.10. The summed E-state index contributed by atoms with van der Waals surface area (Å²) in [5.41, 5.74) is 3.59. The zero-order valence-electron chi connectivity index (χ0n) is 25.8. The lowest BCUT2D eigenvalue weighted by Gasteiger charge is -2.19. The number of halogens is 1. The number of sulfonamides is 1. The van der Waals surface area contributed by atoms with Crippen LogP contribution in [0.3, 0.4) is 0 Å². The second-order valence-electron chi connectivity index (χ2n) is 11.9. The standard InChI is InChI=1S/C35H37FN2O6S/c1-35(2,3)27-8-5-24(6-9-27)19-34(39)38-22-25-7-15-31(20-26(25)23-38)45(40,41)37-33-16-14-30(21-32(33)36)44-18-17-43-29-12-10-28(42-4)11-13-29/h5-16,20-21,37H,17-19,22-23H2,1-4H3. The van der Waals surface area contributed by atoms with E-state index in [0.29, 0.717) is 24.6 Å². The Bertz CT molecular complexity index is 1770. The largest absolute Gasteiger partial charge is 0.497 e. The molecule has 1 aliphatic heterocycles. The quantitative estimate of drug-likeness (QED) is 0.191. The first kappa shape index (κ1) is 31.8. The molecule has 1 heterocycles. The number of carbonyl (C=O) groups excluding carboxylic acids is 1. The van der Waals surface area contributed by atoms with Crippen LogP contribution in [0.2, 0.25) is 0 Å². The first-order valence-corrected chi connectivity index (χ1v) is 16.1. The van der Waals surface area contributed by atoms with E-state index < -0.39 is 15.8 Å². The van der Waals surface area contributed by atoms with Gasteiger partial charge in [0.15, 0.2) is 5.82 Å². The van der Waals surface area contributed by atoms with Crippen molar-refractivity contribution in [1.29, 1.82) is 0 Å². The molecule has 4 aromatic carbocycles. The number of amides is 1. The van der Waals surface area contributed by atoms with Crippen LogP contribution in [0.4, 0.5) is 10.1 Å². The van der Waals surface area contributed by atoms with Gasteiger partial charge in [0, 0.05) is 19.2 Å². The van der Waals surface area contributed by atoms with Crippen LogP contribution in [-0.2, 0) is 39.7 Å². The van der Waals surface area contributed by atoms with Gasteiger partial charge in [0.25, 0.3) is 10.0 Å². The highest BCUT2D eigenvalue weighted by molar-refractivity contribution is 7.92. The van der Waals surface area contributed by atoms with Gasteiger partial charge in [0.1, 0.15) is 30.5 Å². The summed E-state index contributed by atoms with van der Waals surface area (Å²) in [6.07, 6.45) is 0.264. The maximum Gasteiger partial charge on any atom is 0.261 e. The maximum atomic E-state index is 14.9. The number of nitrogens with zero attached hydrogens (tertiary/aromatic N) is 1. The van der Waals surface area contributed by atoms with Crippen LogP contribution in [-0.4, -0.2) is 39.5 Å². The van der Waals surface area contributed by atoms with E-state index in [4.69, 9.17) is 14.2 Å². The normalized spacial score (nSPS) is 12.9. The van der Waals surface area contributed by atoms with Gasteiger partial charge in [0.2, 0.25) is 5.91 Å². The zero-order chi connectivity index (χ0) is 32.2. The molecule has 0 radical (unpaired) electrons. The van der Waals surface area contributed by atoms with Crippen molar-refractivity contribution in [1.82, 2.24) is 4.90 Å². The molecule has 0 fully saturated rings. The van der Waals surface area contributed by atoms with E-state index in [0.717, 1.165) is 22.8 Å². The third kappa shape index (κ3) is 7.94. The molecule has 5 rings (SSSR count). The van der Waals surface area contributed by atoms with Crippen LogP contribution in [0.5, 0.6) is 17.2 Å². The van der Waals surface area contributed by atoms with Crippen LogP contribution >= 0.6 is 0 Å². The van der Waals surface area contributed by atoms with Crippen LogP contribution in [0, 0.1) is 5.82 Å². The highest BCUT2D eigenvalue weighted by Gasteiger charge is 2.26. The Morgan fingerprint density at radius 1 is 0.822 bits per heavy atom. The second-order valence-corrected chi connectivity index (χ2v) is 13.6. The average molecular weight is 633 g/mol. The van der Waals surface area contributed by atoms with E-state index in [1.807, 2.05) is 12.1 Å².